The molecular weight excluding hydrogens is 344 g/mol. The Morgan fingerprint density at radius 2 is 1.68 bits per heavy atom. The average molecular weight is 359 g/mol. The molecule has 0 amide bonds. The minimum absolute atomic E-state index is 0.241. The third-order valence-electron chi connectivity index (χ3n) is 4.05. The first-order valence-corrected chi connectivity index (χ1v) is 7.98. The Labute approximate surface area is 137 Å². The first-order chi connectivity index (χ1) is 10.6. The lowest BCUT2D eigenvalue weighted by Gasteiger charge is -2.35. The van der Waals surface area contributed by atoms with Crippen LogP contribution in [-0.2, 0) is 4.79 Å². The number of carbonyl (C=O) groups excluding carboxylic acids is 2. The van der Waals surface area contributed by atoms with Crippen molar-refractivity contribution in [2.24, 2.45) is 0 Å². The standard InChI is InChI=1S/C18H15BrO3/c1-2-14(12-8-4-3-5-9-12)18(19)16(20)13-10-6-7-11-15(13)22-17(18)21/h3-11,14H,2H2,1H3. The highest BCUT2D eigenvalue weighted by atomic mass is 79.9. The predicted octanol–water partition coefficient (Wildman–Crippen LogP) is 4.12. The zero-order valence-corrected chi connectivity index (χ0v) is 13.7. The van der Waals surface area contributed by atoms with E-state index in [1.54, 1.807) is 24.3 Å². The van der Waals surface area contributed by atoms with E-state index >= 15 is 0 Å². The molecule has 0 spiro atoms. The number of rotatable bonds is 3. The van der Waals surface area contributed by atoms with Gasteiger partial charge >= 0.3 is 5.97 Å². The number of hydrogen-bond acceptors (Lipinski definition) is 3. The van der Waals surface area contributed by atoms with E-state index in [1.165, 1.54) is 0 Å². The molecule has 3 rings (SSSR count). The molecule has 0 saturated carbocycles. The maximum Gasteiger partial charge on any atom is 0.337 e. The number of ketones is 1. The molecule has 112 valence electrons. The van der Waals surface area contributed by atoms with Crippen LogP contribution >= 0.6 is 15.9 Å². The van der Waals surface area contributed by atoms with E-state index in [0.717, 1.165) is 5.56 Å². The fourth-order valence-electron chi connectivity index (χ4n) is 2.94. The van der Waals surface area contributed by atoms with Gasteiger partial charge in [0.2, 0.25) is 0 Å². The number of Topliss-reactive ketones (excluding diaryl/α,β-unsaturated/α-hetero) is 1. The van der Waals surface area contributed by atoms with Crippen molar-refractivity contribution in [2.75, 3.05) is 0 Å². The number of ether oxygens (including phenoxy) is 1. The molecule has 3 nitrogen and oxygen atoms in total. The van der Waals surface area contributed by atoms with Gasteiger partial charge in [0.25, 0.3) is 0 Å². The van der Waals surface area contributed by atoms with E-state index in [4.69, 9.17) is 4.74 Å². The van der Waals surface area contributed by atoms with Gasteiger partial charge in [0.15, 0.2) is 10.1 Å². The van der Waals surface area contributed by atoms with Crippen LogP contribution in [0.5, 0.6) is 5.75 Å². The van der Waals surface area contributed by atoms with Gasteiger partial charge in [0.1, 0.15) is 5.75 Å². The van der Waals surface area contributed by atoms with Gasteiger partial charge < -0.3 is 4.74 Å². The van der Waals surface area contributed by atoms with Gasteiger partial charge in [-0.3, -0.25) is 4.79 Å². The van der Waals surface area contributed by atoms with Crippen LogP contribution in [0.4, 0.5) is 0 Å². The molecule has 2 atom stereocenters. The van der Waals surface area contributed by atoms with Crippen molar-refractivity contribution in [3.05, 3.63) is 65.7 Å². The Hall–Kier alpha value is -1.94. The summed E-state index contributed by atoms with van der Waals surface area (Å²) in [5.74, 6) is -0.750. The summed E-state index contributed by atoms with van der Waals surface area (Å²) in [4.78, 5) is 25.5. The van der Waals surface area contributed by atoms with E-state index in [9.17, 15) is 9.59 Å². The van der Waals surface area contributed by atoms with Gasteiger partial charge in [-0.25, -0.2) is 4.79 Å². The van der Waals surface area contributed by atoms with Crippen LogP contribution in [0.15, 0.2) is 54.6 Å². The normalized spacial score (nSPS) is 21.9. The van der Waals surface area contributed by atoms with Crippen LogP contribution in [0.2, 0.25) is 0 Å². The molecule has 1 heterocycles. The highest BCUT2D eigenvalue weighted by Gasteiger charge is 2.54. The molecule has 22 heavy (non-hydrogen) atoms. The number of fused-ring (bicyclic) bond motifs is 1. The van der Waals surface area contributed by atoms with E-state index in [2.05, 4.69) is 15.9 Å². The Morgan fingerprint density at radius 3 is 2.36 bits per heavy atom. The number of para-hydroxylation sites is 1. The summed E-state index contributed by atoms with van der Waals surface area (Å²) >= 11 is 3.44. The van der Waals surface area contributed by atoms with Gasteiger partial charge in [-0.05, 0) is 24.1 Å². The second kappa shape index (κ2) is 5.69. The van der Waals surface area contributed by atoms with E-state index in [1.807, 2.05) is 37.3 Å². The van der Waals surface area contributed by atoms with Crippen molar-refractivity contribution in [3.63, 3.8) is 0 Å². The predicted molar refractivity (Wildman–Crippen MR) is 87.5 cm³/mol. The van der Waals surface area contributed by atoms with E-state index in [-0.39, 0.29) is 11.7 Å². The third kappa shape index (κ3) is 2.18. The van der Waals surface area contributed by atoms with Crippen molar-refractivity contribution in [3.8, 4) is 5.75 Å². The molecule has 0 saturated heterocycles. The maximum absolute atomic E-state index is 13.0. The summed E-state index contributed by atoms with van der Waals surface area (Å²) in [6, 6.07) is 16.4. The van der Waals surface area contributed by atoms with Gasteiger partial charge in [0.05, 0.1) is 5.56 Å². The fraction of sp³-hybridized carbons (Fsp3) is 0.222. The summed E-state index contributed by atoms with van der Waals surface area (Å²) in [6.07, 6.45) is 0.637. The Balaban J connectivity index is 2.12. The lowest BCUT2D eigenvalue weighted by atomic mass is 9.78. The maximum atomic E-state index is 13.0. The molecular formula is C18H15BrO3. The van der Waals surface area contributed by atoms with Gasteiger partial charge in [-0.15, -0.1) is 0 Å². The lowest BCUT2D eigenvalue weighted by molar-refractivity contribution is -0.136. The number of esters is 1. The van der Waals surface area contributed by atoms with Crippen LogP contribution in [0.3, 0.4) is 0 Å². The van der Waals surface area contributed by atoms with Crippen LogP contribution in [0, 0.1) is 0 Å². The highest BCUT2D eigenvalue weighted by Crippen LogP contribution is 2.45. The molecule has 0 aliphatic carbocycles. The summed E-state index contributed by atoms with van der Waals surface area (Å²) in [5.41, 5.74) is 1.37. The highest BCUT2D eigenvalue weighted by molar-refractivity contribution is 9.10. The molecule has 2 aromatic carbocycles. The molecule has 2 aromatic rings. The Bertz CT molecular complexity index is 726. The lowest BCUT2D eigenvalue weighted by Crippen LogP contribution is -2.51. The van der Waals surface area contributed by atoms with Crippen molar-refractivity contribution < 1.29 is 14.3 Å². The quantitative estimate of drug-likeness (QED) is 0.358. The number of carbonyl (C=O) groups is 2. The minimum atomic E-state index is -1.38. The summed E-state index contributed by atoms with van der Waals surface area (Å²) in [5, 5.41) is 0. The van der Waals surface area contributed by atoms with Crippen molar-refractivity contribution >= 4 is 27.7 Å². The smallest absolute Gasteiger partial charge is 0.337 e. The van der Waals surface area contributed by atoms with E-state index < -0.39 is 10.3 Å². The zero-order chi connectivity index (χ0) is 15.7. The molecule has 0 radical (unpaired) electrons. The minimum Gasteiger partial charge on any atom is -0.424 e. The van der Waals surface area contributed by atoms with Crippen LogP contribution in [0.1, 0.15) is 35.2 Å². The van der Waals surface area contributed by atoms with Crippen molar-refractivity contribution in [1.82, 2.24) is 0 Å². The number of halogens is 1. The topological polar surface area (TPSA) is 43.4 Å². The molecule has 0 aromatic heterocycles. The van der Waals surface area contributed by atoms with Crippen LogP contribution in [0.25, 0.3) is 0 Å². The molecule has 0 N–H and O–H groups in total. The first kappa shape index (κ1) is 15.0. The van der Waals surface area contributed by atoms with Crippen molar-refractivity contribution in [2.45, 2.75) is 23.6 Å². The SMILES string of the molecule is CCC(c1ccccc1)C1(Br)C(=O)Oc2ccccc2C1=O. The summed E-state index contributed by atoms with van der Waals surface area (Å²) < 4.78 is 4.04. The third-order valence-corrected chi connectivity index (χ3v) is 5.29. The molecule has 1 aliphatic heterocycles. The number of benzene rings is 2. The molecule has 4 heteroatoms. The summed E-state index contributed by atoms with van der Waals surface area (Å²) in [6.45, 7) is 1.96. The first-order valence-electron chi connectivity index (χ1n) is 7.19. The number of hydrogen-bond donors (Lipinski definition) is 0. The van der Waals surface area contributed by atoms with Gasteiger partial charge in [-0.2, -0.15) is 0 Å². The second-order valence-corrected chi connectivity index (χ2v) is 6.55. The number of alkyl halides is 1. The van der Waals surface area contributed by atoms with Crippen LogP contribution in [-0.4, -0.2) is 16.1 Å². The molecule has 1 aliphatic rings. The monoisotopic (exact) mass is 358 g/mol. The Morgan fingerprint density at radius 1 is 1.05 bits per heavy atom. The largest absolute Gasteiger partial charge is 0.424 e. The van der Waals surface area contributed by atoms with E-state index in [0.29, 0.717) is 17.7 Å². The fourth-order valence-corrected chi connectivity index (χ4v) is 3.82. The second-order valence-electron chi connectivity index (χ2n) is 5.30. The zero-order valence-electron chi connectivity index (χ0n) is 12.1. The average Bonchev–Trinajstić information content (AvgIpc) is 2.55. The molecule has 0 bridgehead atoms. The van der Waals surface area contributed by atoms with Gasteiger partial charge in [-0.1, -0.05) is 65.3 Å². The van der Waals surface area contributed by atoms with Crippen molar-refractivity contribution in [1.29, 1.82) is 0 Å². The Kier molecular flexibility index (Phi) is 3.87. The molecule has 0 fully saturated rings. The summed E-state index contributed by atoms with van der Waals surface area (Å²) in [7, 11) is 0. The molecule has 2 unspecified atom stereocenters. The van der Waals surface area contributed by atoms with Crippen LogP contribution < -0.4 is 4.74 Å². The van der Waals surface area contributed by atoms with Gasteiger partial charge in [0, 0.05) is 5.92 Å².